The molecular formula is C18H20ClN3O3S. The summed E-state index contributed by atoms with van der Waals surface area (Å²) >= 11 is 5.78. The number of aromatic nitrogens is 1. The van der Waals surface area contributed by atoms with Crippen LogP contribution >= 0.6 is 11.6 Å². The second kappa shape index (κ2) is 8.16. The Morgan fingerprint density at radius 2 is 1.81 bits per heavy atom. The predicted octanol–water partition coefficient (Wildman–Crippen LogP) is 2.84. The van der Waals surface area contributed by atoms with Crippen LogP contribution in [0, 0.1) is 0 Å². The maximum atomic E-state index is 12.6. The number of halogens is 1. The largest absolute Gasteiger partial charge is 0.348 e. The van der Waals surface area contributed by atoms with Gasteiger partial charge < -0.3 is 5.32 Å². The molecule has 1 aromatic heterocycles. The van der Waals surface area contributed by atoms with Crippen LogP contribution in [0.15, 0.2) is 47.5 Å². The van der Waals surface area contributed by atoms with Crippen LogP contribution in [0.3, 0.4) is 0 Å². The number of sulfonamides is 1. The van der Waals surface area contributed by atoms with E-state index in [1.54, 1.807) is 34.6 Å². The van der Waals surface area contributed by atoms with Crippen LogP contribution in [-0.4, -0.2) is 36.7 Å². The van der Waals surface area contributed by atoms with Crippen molar-refractivity contribution < 1.29 is 13.2 Å². The standard InChI is InChI=1S/C18H20ClN3O3S/c19-17-12-15(8-9-20-17)18(23)21-13-14-4-6-16(7-5-14)26(24,25)22-10-2-1-3-11-22/h4-9,12H,1-3,10-11,13H2,(H,21,23). The summed E-state index contributed by atoms with van der Waals surface area (Å²) in [5, 5.41) is 3.03. The van der Waals surface area contributed by atoms with Gasteiger partial charge in [-0.1, -0.05) is 30.2 Å². The van der Waals surface area contributed by atoms with Gasteiger partial charge in [0.1, 0.15) is 5.15 Å². The lowest BCUT2D eigenvalue weighted by Gasteiger charge is -2.25. The van der Waals surface area contributed by atoms with E-state index < -0.39 is 10.0 Å². The Balaban J connectivity index is 1.63. The summed E-state index contributed by atoms with van der Waals surface area (Å²) in [6.07, 6.45) is 4.36. The molecule has 2 heterocycles. The van der Waals surface area contributed by atoms with Crippen molar-refractivity contribution in [2.24, 2.45) is 0 Å². The predicted molar refractivity (Wildman–Crippen MR) is 99.5 cm³/mol. The van der Waals surface area contributed by atoms with Crippen molar-refractivity contribution in [3.05, 3.63) is 58.9 Å². The fraction of sp³-hybridized carbons (Fsp3) is 0.333. The molecule has 0 saturated carbocycles. The molecule has 6 nitrogen and oxygen atoms in total. The maximum absolute atomic E-state index is 12.6. The summed E-state index contributed by atoms with van der Waals surface area (Å²) in [4.78, 5) is 16.2. The molecule has 0 radical (unpaired) electrons. The van der Waals surface area contributed by atoms with Crippen LogP contribution in [-0.2, 0) is 16.6 Å². The van der Waals surface area contributed by atoms with Crippen molar-refractivity contribution in [2.45, 2.75) is 30.7 Å². The van der Waals surface area contributed by atoms with Crippen LogP contribution in [0.25, 0.3) is 0 Å². The average Bonchev–Trinajstić information content (AvgIpc) is 2.67. The molecule has 1 aliphatic heterocycles. The molecule has 1 aromatic carbocycles. The first kappa shape index (κ1) is 18.8. The first-order valence-electron chi connectivity index (χ1n) is 8.46. The van der Waals surface area contributed by atoms with Crippen molar-refractivity contribution >= 4 is 27.5 Å². The molecule has 0 spiro atoms. The van der Waals surface area contributed by atoms with Crippen molar-refractivity contribution in [3.63, 3.8) is 0 Å². The number of nitrogens with one attached hydrogen (secondary N) is 1. The summed E-state index contributed by atoms with van der Waals surface area (Å²) in [7, 11) is -3.43. The van der Waals surface area contributed by atoms with Crippen LogP contribution in [0.5, 0.6) is 0 Å². The Labute approximate surface area is 158 Å². The highest BCUT2D eigenvalue weighted by molar-refractivity contribution is 7.89. The van der Waals surface area contributed by atoms with Gasteiger partial charge in [-0.3, -0.25) is 4.79 Å². The average molecular weight is 394 g/mol. The molecule has 138 valence electrons. The first-order chi connectivity index (χ1) is 12.5. The van der Waals surface area contributed by atoms with Gasteiger partial charge in [-0.15, -0.1) is 0 Å². The van der Waals surface area contributed by atoms with E-state index in [9.17, 15) is 13.2 Å². The maximum Gasteiger partial charge on any atom is 0.251 e. The van der Waals surface area contributed by atoms with Crippen LogP contribution in [0.4, 0.5) is 0 Å². The fourth-order valence-electron chi connectivity index (χ4n) is 2.86. The SMILES string of the molecule is O=C(NCc1ccc(S(=O)(=O)N2CCCCC2)cc1)c1ccnc(Cl)c1. The zero-order valence-corrected chi connectivity index (χ0v) is 15.8. The number of nitrogens with zero attached hydrogens (tertiary/aromatic N) is 2. The number of benzene rings is 1. The Hall–Kier alpha value is -1.96. The lowest BCUT2D eigenvalue weighted by Crippen LogP contribution is -2.35. The number of carbonyl (C=O) groups is 1. The molecule has 0 atom stereocenters. The molecular weight excluding hydrogens is 374 g/mol. The van der Waals surface area contributed by atoms with Crippen LogP contribution < -0.4 is 5.32 Å². The van der Waals surface area contributed by atoms with E-state index >= 15 is 0 Å². The molecule has 1 saturated heterocycles. The lowest BCUT2D eigenvalue weighted by molar-refractivity contribution is 0.0950. The first-order valence-corrected chi connectivity index (χ1v) is 10.3. The molecule has 3 rings (SSSR count). The number of pyridine rings is 1. The zero-order valence-electron chi connectivity index (χ0n) is 14.2. The molecule has 0 bridgehead atoms. The molecule has 2 aromatic rings. The van der Waals surface area contributed by atoms with E-state index in [1.165, 1.54) is 12.3 Å². The van der Waals surface area contributed by atoms with Gasteiger partial charge in [0.25, 0.3) is 5.91 Å². The van der Waals surface area contributed by atoms with Crippen LogP contribution in [0.2, 0.25) is 5.15 Å². The Morgan fingerprint density at radius 3 is 2.46 bits per heavy atom. The highest BCUT2D eigenvalue weighted by atomic mass is 35.5. The third kappa shape index (κ3) is 4.41. The summed E-state index contributed by atoms with van der Waals surface area (Å²) < 4.78 is 26.8. The van der Waals surface area contributed by atoms with Gasteiger partial charge >= 0.3 is 0 Å². The van der Waals surface area contributed by atoms with Crippen molar-refractivity contribution in [1.82, 2.24) is 14.6 Å². The number of rotatable bonds is 5. The van der Waals surface area contributed by atoms with Gasteiger partial charge in [0.15, 0.2) is 0 Å². The minimum Gasteiger partial charge on any atom is -0.348 e. The zero-order chi connectivity index (χ0) is 18.6. The van der Waals surface area contributed by atoms with E-state index in [2.05, 4.69) is 10.3 Å². The number of amides is 1. The topological polar surface area (TPSA) is 79.4 Å². The van der Waals surface area contributed by atoms with Gasteiger partial charge in [-0.25, -0.2) is 13.4 Å². The summed E-state index contributed by atoms with van der Waals surface area (Å²) in [6.45, 7) is 1.45. The van der Waals surface area contributed by atoms with Gasteiger partial charge in [0.05, 0.1) is 4.90 Å². The third-order valence-electron chi connectivity index (χ3n) is 4.32. The highest BCUT2D eigenvalue weighted by Crippen LogP contribution is 2.20. The number of piperidine rings is 1. The molecule has 26 heavy (non-hydrogen) atoms. The molecule has 8 heteroatoms. The summed E-state index contributed by atoms with van der Waals surface area (Å²) in [5.74, 6) is -0.265. The van der Waals surface area contributed by atoms with E-state index in [0.29, 0.717) is 25.2 Å². The third-order valence-corrected chi connectivity index (χ3v) is 6.44. The lowest BCUT2D eigenvalue weighted by atomic mass is 10.2. The van der Waals surface area contributed by atoms with Gasteiger partial charge in [0.2, 0.25) is 10.0 Å². The fourth-order valence-corrected chi connectivity index (χ4v) is 4.55. The molecule has 1 fully saturated rings. The van der Waals surface area contributed by atoms with Crippen molar-refractivity contribution in [3.8, 4) is 0 Å². The minimum absolute atomic E-state index is 0.255. The summed E-state index contributed by atoms with van der Waals surface area (Å²) in [6, 6.07) is 9.69. The number of carbonyl (C=O) groups excluding carboxylic acids is 1. The Kier molecular flexibility index (Phi) is 5.90. The van der Waals surface area contributed by atoms with E-state index in [1.807, 2.05) is 0 Å². The van der Waals surface area contributed by atoms with Gasteiger partial charge in [0, 0.05) is 31.4 Å². The molecule has 0 aliphatic carbocycles. The van der Waals surface area contributed by atoms with E-state index in [4.69, 9.17) is 11.6 Å². The van der Waals surface area contributed by atoms with Crippen molar-refractivity contribution in [2.75, 3.05) is 13.1 Å². The monoisotopic (exact) mass is 393 g/mol. The second-order valence-electron chi connectivity index (χ2n) is 6.16. The van der Waals surface area contributed by atoms with E-state index in [-0.39, 0.29) is 16.0 Å². The van der Waals surface area contributed by atoms with Crippen molar-refractivity contribution in [1.29, 1.82) is 0 Å². The quantitative estimate of drug-likeness (QED) is 0.792. The second-order valence-corrected chi connectivity index (χ2v) is 8.48. The normalized spacial score (nSPS) is 15.6. The Bertz CT molecular complexity index is 879. The number of hydrogen-bond donors (Lipinski definition) is 1. The molecule has 1 N–H and O–H groups in total. The molecule has 0 unspecified atom stereocenters. The van der Waals surface area contributed by atoms with Gasteiger partial charge in [-0.2, -0.15) is 4.31 Å². The minimum atomic E-state index is -3.43. The molecule has 1 aliphatic rings. The molecule has 1 amide bonds. The summed E-state index contributed by atoms with van der Waals surface area (Å²) in [5.41, 5.74) is 1.24. The number of hydrogen-bond acceptors (Lipinski definition) is 4. The highest BCUT2D eigenvalue weighted by Gasteiger charge is 2.25. The Morgan fingerprint density at radius 1 is 1.12 bits per heavy atom. The smallest absolute Gasteiger partial charge is 0.251 e. The van der Waals surface area contributed by atoms with Crippen LogP contribution in [0.1, 0.15) is 35.2 Å². The van der Waals surface area contributed by atoms with E-state index in [0.717, 1.165) is 24.8 Å². The van der Waals surface area contributed by atoms with Gasteiger partial charge in [-0.05, 0) is 42.7 Å².